The summed E-state index contributed by atoms with van der Waals surface area (Å²) in [6, 6.07) is 31.2. The molecular weight excluding hydrogens is 332 g/mol. The van der Waals surface area contributed by atoms with Crippen LogP contribution in [-0.2, 0) is 0 Å². The van der Waals surface area contributed by atoms with Gasteiger partial charge in [-0.1, -0.05) is 54.6 Å². The second-order valence-corrected chi connectivity index (χ2v) is 6.90. The number of hydrogen-bond acceptors (Lipinski definition) is 1. The summed E-state index contributed by atoms with van der Waals surface area (Å²) in [6.45, 7) is 0. The summed E-state index contributed by atoms with van der Waals surface area (Å²) in [5.74, 6) is 0. The molecular formula is C24H16N2O. The van der Waals surface area contributed by atoms with Crippen molar-refractivity contribution in [3.05, 3.63) is 91.0 Å². The van der Waals surface area contributed by atoms with Crippen LogP contribution in [-0.4, -0.2) is 14.5 Å². The van der Waals surface area contributed by atoms with Crippen LogP contribution in [0.5, 0.6) is 0 Å². The minimum Gasteiger partial charge on any atom is -0.428 e. The number of fused-ring (bicyclic) bond motifs is 6. The molecule has 2 aromatic heterocycles. The van der Waals surface area contributed by atoms with Crippen molar-refractivity contribution in [1.29, 1.82) is 0 Å². The van der Waals surface area contributed by atoms with Gasteiger partial charge in [0.15, 0.2) is 0 Å². The molecule has 2 heterocycles. The van der Waals surface area contributed by atoms with Crippen LogP contribution < -0.4 is 0 Å². The average Bonchev–Trinajstić information content (AvgIpc) is 3.21. The summed E-state index contributed by atoms with van der Waals surface area (Å²) in [5.41, 5.74) is 5.11. The smallest absolute Gasteiger partial charge is 0.0880 e. The molecule has 6 rings (SSSR count). The van der Waals surface area contributed by atoms with Crippen molar-refractivity contribution in [2.45, 2.75) is 0 Å². The minimum atomic E-state index is 0.820. The largest absolute Gasteiger partial charge is 0.428 e. The van der Waals surface area contributed by atoms with Crippen LogP contribution in [0.4, 0.5) is 0 Å². The van der Waals surface area contributed by atoms with Crippen LogP contribution in [0.3, 0.4) is 0 Å². The predicted molar refractivity (Wildman–Crippen MR) is 111 cm³/mol. The van der Waals surface area contributed by atoms with E-state index in [0.717, 1.165) is 27.5 Å². The Morgan fingerprint density at radius 3 is 1.59 bits per heavy atom. The Hall–Kier alpha value is -3.72. The van der Waals surface area contributed by atoms with E-state index in [1.165, 1.54) is 26.5 Å². The molecule has 0 aliphatic heterocycles. The van der Waals surface area contributed by atoms with Crippen LogP contribution in [0.15, 0.2) is 91.0 Å². The molecule has 4 aromatic carbocycles. The molecule has 0 unspecified atom stereocenters. The molecule has 0 amide bonds. The number of rotatable bonds is 1. The molecule has 0 aliphatic rings. The lowest BCUT2D eigenvalue weighted by Gasteiger charge is -2.08. The van der Waals surface area contributed by atoms with Crippen LogP contribution in [0.2, 0.25) is 0 Å². The summed E-state index contributed by atoms with van der Waals surface area (Å²) < 4.78 is 3.58. The Labute approximate surface area is 155 Å². The molecule has 6 aromatic rings. The van der Waals surface area contributed by atoms with Gasteiger partial charge in [0, 0.05) is 27.2 Å². The van der Waals surface area contributed by atoms with Gasteiger partial charge >= 0.3 is 0 Å². The maximum absolute atomic E-state index is 10.5. The highest BCUT2D eigenvalue weighted by molar-refractivity contribution is 6.11. The van der Waals surface area contributed by atoms with Crippen molar-refractivity contribution in [1.82, 2.24) is 9.30 Å². The average molecular weight is 348 g/mol. The Bertz CT molecular complexity index is 1430. The van der Waals surface area contributed by atoms with Gasteiger partial charge in [-0.2, -0.15) is 4.73 Å². The first kappa shape index (κ1) is 14.4. The first-order valence-electron chi connectivity index (χ1n) is 9.04. The van der Waals surface area contributed by atoms with E-state index in [1.54, 1.807) is 0 Å². The van der Waals surface area contributed by atoms with Crippen LogP contribution >= 0.6 is 0 Å². The fourth-order valence-corrected chi connectivity index (χ4v) is 4.28. The third-order valence-electron chi connectivity index (χ3n) is 5.47. The molecule has 0 spiro atoms. The molecule has 0 fully saturated rings. The van der Waals surface area contributed by atoms with E-state index >= 15 is 0 Å². The van der Waals surface area contributed by atoms with Crippen molar-refractivity contribution in [3.63, 3.8) is 0 Å². The second-order valence-electron chi connectivity index (χ2n) is 6.90. The van der Waals surface area contributed by atoms with Gasteiger partial charge < -0.3 is 9.77 Å². The highest BCUT2D eigenvalue weighted by atomic mass is 16.5. The maximum Gasteiger partial charge on any atom is 0.0880 e. The van der Waals surface area contributed by atoms with Gasteiger partial charge in [0.1, 0.15) is 0 Å². The Morgan fingerprint density at radius 2 is 0.963 bits per heavy atom. The third-order valence-corrected chi connectivity index (χ3v) is 5.47. The number of nitrogens with zero attached hydrogens (tertiary/aromatic N) is 2. The first-order chi connectivity index (χ1) is 13.3. The fraction of sp³-hybridized carbons (Fsp3) is 0. The van der Waals surface area contributed by atoms with E-state index in [-0.39, 0.29) is 0 Å². The van der Waals surface area contributed by atoms with Gasteiger partial charge in [0.2, 0.25) is 0 Å². The van der Waals surface area contributed by atoms with Crippen molar-refractivity contribution in [3.8, 4) is 5.69 Å². The highest BCUT2D eigenvalue weighted by Crippen LogP contribution is 2.34. The monoisotopic (exact) mass is 348 g/mol. The van der Waals surface area contributed by atoms with Crippen LogP contribution in [0.25, 0.3) is 49.3 Å². The van der Waals surface area contributed by atoms with Gasteiger partial charge in [-0.25, -0.2) is 0 Å². The molecule has 0 saturated carbocycles. The molecule has 1 N–H and O–H groups in total. The zero-order valence-corrected chi connectivity index (χ0v) is 14.5. The lowest BCUT2D eigenvalue weighted by Crippen LogP contribution is -1.94. The zero-order valence-electron chi connectivity index (χ0n) is 14.5. The van der Waals surface area contributed by atoms with E-state index < -0.39 is 0 Å². The summed E-state index contributed by atoms with van der Waals surface area (Å²) in [6.07, 6.45) is 0. The molecule has 0 aliphatic carbocycles. The molecule has 0 atom stereocenters. The number of aromatic nitrogens is 2. The van der Waals surface area contributed by atoms with E-state index in [4.69, 9.17) is 0 Å². The van der Waals surface area contributed by atoms with Crippen molar-refractivity contribution >= 4 is 43.6 Å². The normalized spacial score (nSPS) is 11.9. The Kier molecular flexibility index (Phi) is 2.75. The summed E-state index contributed by atoms with van der Waals surface area (Å²) in [4.78, 5) is 0. The van der Waals surface area contributed by atoms with E-state index in [9.17, 15) is 5.21 Å². The van der Waals surface area contributed by atoms with Gasteiger partial charge in [-0.05, 0) is 36.4 Å². The van der Waals surface area contributed by atoms with Crippen LogP contribution in [0.1, 0.15) is 0 Å². The first-order valence-corrected chi connectivity index (χ1v) is 9.04. The number of benzene rings is 4. The standard InChI is InChI=1S/C24H16N2O/c27-26-23-12-6-3-9-19(23)20-15-16(13-14-24(20)26)25-21-10-4-1-7-17(21)18-8-2-5-11-22(18)25/h1-15,27H. The van der Waals surface area contributed by atoms with E-state index in [2.05, 4.69) is 71.3 Å². The summed E-state index contributed by atoms with van der Waals surface area (Å²) in [5, 5.41) is 15.1. The lowest BCUT2D eigenvalue weighted by atomic mass is 10.1. The van der Waals surface area contributed by atoms with Gasteiger partial charge in [-0.3, -0.25) is 0 Å². The lowest BCUT2D eigenvalue weighted by molar-refractivity contribution is 0.213. The van der Waals surface area contributed by atoms with Gasteiger partial charge in [0.25, 0.3) is 0 Å². The quantitative estimate of drug-likeness (QED) is 0.356. The van der Waals surface area contributed by atoms with Gasteiger partial charge in [0.05, 0.1) is 22.1 Å². The predicted octanol–water partition coefficient (Wildman–Crippen LogP) is 6.13. The summed E-state index contributed by atoms with van der Waals surface area (Å²) in [7, 11) is 0. The molecule has 128 valence electrons. The SMILES string of the molecule is On1c2ccccc2c2cc(-n3c4ccccc4c4ccccc43)ccc21. The van der Waals surface area contributed by atoms with Crippen LogP contribution in [0, 0.1) is 0 Å². The molecule has 0 bridgehead atoms. The molecule has 3 heteroatoms. The second kappa shape index (κ2) is 5.15. The Morgan fingerprint density at radius 1 is 0.481 bits per heavy atom. The topological polar surface area (TPSA) is 30.1 Å². The van der Waals surface area contributed by atoms with E-state index in [1.807, 2.05) is 24.3 Å². The zero-order chi connectivity index (χ0) is 18.0. The maximum atomic E-state index is 10.5. The minimum absolute atomic E-state index is 0.820. The van der Waals surface area contributed by atoms with Crippen molar-refractivity contribution in [2.24, 2.45) is 0 Å². The molecule has 27 heavy (non-hydrogen) atoms. The molecule has 0 radical (unpaired) electrons. The molecule has 3 nitrogen and oxygen atoms in total. The number of para-hydroxylation sites is 3. The van der Waals surface area contributed by atoms with E-state index in [0.29, 0.717) is 0 Å². The van der Waals surface area contributed by atoms with Crippen molar-refractivity contribution in [2.75, 3.05) is 0 Å². The summed E-state index contributed by atoms with van der Waals surface area (Å²) >= 11 is 0. The molecule has 0 saturated heterocycles. The van der Waals surface area contributed by atoms with Gasteiger partial charge in [-0.15, -0.1) is 0 Å². The fourth-order valence-electron chi connectivity index (χ4n) is 4.28. The third kappa shape index (κ3) is 1.86. The Balaban J connectivity index is 1.77. The van der Waals surface area contributed by atoms with Crippen molar-refractivity contribution < 1.29 is 5.21 Å². The number of hydrogen-bond donors (Lipinski definition) is 1. The highest BCUT2D eigenvalue weighted by Gasteiger charge is 2.14.